The van der Waals surface area contributed by atoms with Crippen molar-refractivity contribution < 1.29 is 0 Å². The van der Waals surface area contributed by atoms with Crippen LogP contribution in [-0.4, -0.2) is 19.5 Å². The Labute approximate surface area is 302 Å². The predicted molar refractivity (Wildman–Crippen MR) is 213 cm³/mol. The Balaban J connectivity index is 1.16. The van der Waals surface area contributed by atoms with E-state index in [0.717, 1.165) is 33.5 Å². The topological polar surface area (TPSA) is 43.6 Å². The molecule has 0 N–H and O–H groups in total. The molecule has 2 heterocycles. The summed E-state index contributed by atoms with van der Waals surface area (Å²) in [7, 11) is 0. The molecule has 4 nitrogen and oxygen atoms in total. The number of hydrogen-bond acceptors (Lipinski definition) is 3. The van der Waals surface area contributed by atoms with Crippen molar-refractivity contribution >= 4 is 21.8 Å². The third-order valence-corrected chi connectivity index (χ3v) is 10.6. The van der Waals surface area contributed by atoms with Crippen LogP contribution in [0.2, 0.25) is 0 Å². The van der Waals surface area contributed by atoms with Crippen molar-refractivity contribution in [1.82, 2.24) is 19.5 Å². The van der Waals surface area contributed by atoms with Gasteiger partial charge in [-0.05, 0) is 69.8 Å². The van der Waals surface area contributed by atoms with Gasteiger partial charge in [0.15, 0.2) is 17.5 Å². The summed E-state index contributed by atoms with van der Waals surface area (Å²) in [6.07, 6.45) is 0. The first-order chi connectivity index (χ1) is 25.5. The first-order valence-corrected chi connectivity index (χ1v) is 17.8. The Kier molecular flexibility index (Phi) is 6.80. The van der Waals surface area contributed by atoms with E-state index in [2.05, 4.69) is 164 Å². The Morgan fingerprint density at radius 3 is 1.73 bits per heavy atom. The van der Waals surface area contributed by atoms with Crippen LogP contribution >= 0.6 is 0 Å². The first kappa shape index (κ1) is 30.2. The molecule has 0 unspecified atom stereocenters. The van der Waals surface area contributed by atoms with Crippen LogP contribution in [0.5, 0.6) is 0 Å². The fourth-order valence-electron chi connectivity index (χ4n) is 8.04. The molecule has 10 rings (SSSR count). The molecule has 0 fully saturated rings. The molecule has 0 radical (unpaired) electrons. The van der Waals surface area contributed by atoms with Gasteiger partial charge in [-0.2, -0.15) is 0 Å². The van der Waals surface area contributed by atoms with Crippen molar-refractivity contribution in [2.75, 3.05) is 0 Å². The van der Waals surface area contributed by atoms with E-state index in [4.69, 9.17) is 15.0 Å². The van der Waals surface area contributed by atoms with Gasteiger partial charge in [0.1, 0.15) is 0 Å². The highest BCUT2D eigenvalue weighted by atomic mass is 15.0. The lowest BCUT2D eigenvalue weighted by Gasteiger charge is -2.21. The molecule has 0 saturated carbocycles. The third kappa shape index (κ3) is 4.79. The van der Waals surface area contributed by atoms with E-state index in [-0.39, 0.29) is 5.41 Å². The normalized spacial score (nSPS) is 13.0. The summed E-state index contributed by atoms with van der Waals surface area (Å²) in [5.74, 6) is 1.92. The van der Waals surface area contributed by atoms with Gasteiger partial charge in [0, 0.05) is 38.6 Å². The van der Waals surface area contributed by atoms with Crippen molar-refractivity contribution in [3.8, 4) is 62.1 Å². The zero-order valence-corrected chi connectivity index (χ0v) is 29.0. The van der Waals surface area contributed by atoms with Crippen LogP contribution in [0.1, 0.15) is 25.0 Å². The van der Waals surface area contributed by atoms with E-state index in [9.17, 15) is 0 Å². The molecule has 7 aromatic carbocycles. The Hall–Kier alpha value is -6.65. The molecule has 4 heteroatoms. The SMILES string of the molecule is CC1(C)c2ccccc2-c2cc3c4ccccc4n(-c4cccc(-c5nc(-c6ccccc6)nc(-c6cccc(-c7ccccc7)c6)n5)c4)c3cc21. The second-order valence-corrected chi connectivity index (χ2v) is 14.1. The van der Waals surface area contributed by atoms with Crippen molar-refractivity contribution in [2.24, 2.45) is 0 Å². The minimum Gasteiger partial charge on any atom is -0.309 e. The zero-order valence-electron chi connectivity index (χ0n) is 29.0. The summed E-state index contributed by atoms with van der Waals surface area (Å²) in [4.78, 5) is 15.2. The molecule has 1 aliphatic carbocycles. The van der Waals surface area contributed by atoms with Crippen LogP contribution in [0, 0.1) is 0 Å². The molecule has 0 amide bonds. The molecule has 1 aliphatic rings. The van der Waals surface area contributed by atoms with Gasteiger partial charge in [-0.3, -0.25) is 0 Å². The molecule has 0 bridgehead atoms. The predicted octanol–water partition coefficient (Wildman–Crippen LogP) is 11.9. The largest absolute Gasteiger partial charge is 0.309 e. The van der Waals surface area contributed by atoms with Gasteiger partial charge in [-0.15, -0.1) is 0 Å². The van der Waals surface area contributed by atoms with Gasteiger partial charge in [-0.25, -0.2) is 15.0 Å². The van der Waals surface area contributed by atoms with E-state index < -0.39 is 0 Å². The molecule has 0 saturated heterocycles. The minimum atomic E-state index is -0.101. The van der Waals surface area contributed by atoms with Crippen LogP contribution in [0.3, 0.4) is 0 Å². The van der Waals surface area contributed by atoms with Crippen molar-refractivity contribution in [2.45, 2.75) is 19.3 Å². The van der Waals surface area contributed by atoms with Gasteiger partial charge in [0.05, 0.1) is 11.0 Å². The van der Waals surface area contributed by atoms with Crippen LogP contribution in [0.15, 0.2) is 170 Å². The summed E-state index contributed by atoms with van der Waals surface area (Å²) >= 11 is 0. The fourth-order valence-corrected chi connectivity index (χ4v) is 8.04. The van der Waals surface area contributed by atoms with Crippen LogP contribution in [0.25, 0.3) is 83.9 Å². The van der Waals surface area contributed by atoms with E-state index in [1.807, 2.05) is 24.3 Å². The van der Waals surface area contributed by atoms with Crippen LogP contribution < -0.4 is 0 Å². The number of hydrogen-bond donors (Lipinski definition) is 0. The highest BCUT2D eigenvalue weighted by molar-refractivity contribution is 6.11. The smallest absolute Gasteiger partial charge is 0.164 e. The summed E-state index contributed by atoms with van der Waals surface area (Å²) in [5.41, 5.74) is 13.8. The molecule has 9 aromatic rings. The Morgan fingerprint density at radius 2 is 0.962 bits per heavy atom. The van der Waals surface area contributed by atoms with Gasteiger partial charge in [0.25, 0.3) is 0 Å². The summed E-state index contributed by atoms with van der Waals surface area (Å²) < 4.78 is 2.40. The highest BCUT2D eigenvalue weighted by Gasteiger charge is 2.36. The van der Waals surface area contributed by atoms with E-state index in [0.29, 0.717) is 17.5 Å². The standard InChI is InChI=1S/C48H34N4/c1-48(2)41-25-11-9-23-37(41)39-29-40-38-24-10-12-26-43(38)52(44(40)30-42(39)48)36-22-14-21-35(28-36)47-50-45(32-17-7-4-8-18-32)49-46(51-47)34-20-13-19-33(27-34)31-15-5-3-6-16-31/h3-30H,1-2H3. The quantitative estimate of drug-likeness (QED) is 0.184. The Bertz CT molecular complexity index is 2810. The number of para-hydroxylation sites is 1. The van der Waals surface area contributed by atoms with Crippen molar-refractivity contribution in [3.63, 3.8) is 0 Å². The van der Waals surface area contributed by atoms with E-state index >= 15 is 0 Å². The average molecular weight is 667 g/mol. The monoisotopic (exact) mass is 666 g/mol. The fraction of sp³-hybridized carbons (Fsp3) is 0.0625. The summed E-state index contributed by atoms with van der Waals surface area (Å²) in [6.45, 7) is 4.69. The second kappa shape index (κ2) is 11.7. The van der Waals surface area contributed by atoms with Gasteiger partial charge in [-0.1, -0.05) is 147 Å². The van der Waals surface area contributed by atoms with Crippen molar-refractivity contribution in [1.29, 1.82) is 0 Å². The lowest BCUT2D eigenvalue weighted by Crippen LogP contribution is -2.14. The molecule has 0 aliphatic heterocycles. The van der Waals surface area contributed by atoms with Crippen LogP contribution in [0.4, 0.5) is 0 Å². The first-order valence-electron chi connectivity index (χ1n) is 17.8. The third-order valence-electron chi connectivity index (χ3n) is 10.6. The van der Waals surface area contributed by atoms with E-state index in [1.54, 1.807) is 0 Å². The zero-order chi connectivity index (χ0) is 34.8. The molecule has 0 atom stereocenters. The lowest BCUT2D eigenvalue weighted by atomic mass is 9.82. The molecule has 246 valence electrons. The molecule has 0 spiro atoms. The number of benzene rings is 7. The molecular formula is C48H34N4. The average Bonchev–Trinajstić information content (AvgIpc) is 3.65. The van der Waals surface area contributed by atoms with Gasteiger partial charge < -0.3 is 4.57 Å². The maximum Gasteiger partial charge on any atom is 0.164 e. The van der Waals surface area contributed by atoms with Crippen molar-refractivity contribution in [3.05, 3.63) is 181 Å². The van der Waals surface area contributed by atoms with Crippen LogP contribution in [-0.2, 0) is 5.41 Å². The maximum absolute atomic E-state index is 5.14. The number of fused-ring (bicyclic) bond motifs is 6. The van der Waals surface area contributed by atoms with Gasteiger partial charge >= 0.3 is 0 Å². The summed E-state index contributed by atoms with van der Waals surface area (Å²) in [5, 5.41) is 2.49. The second-order valence-electron chi connectivity index (χ2n) is 14.1. The number of nitrogens with zero attached hydrogens (tertiary/aromatic N) is 4. The molecule has 2 aromatic heterocycles. The lowest BCUT2D eigenvalue weighted by molar-refractivity contribution is 0.661. The Morgan fingerprint density at radius 1 is 0.385 bits per heavy atom. The van der Waals surface area contributed by atoms with Gasteiger partial charge in [0.2, 0.25) is 0 Å². The molecular weight excluding hydrogens is 633 g/mol. The maximum atomic E-state index is 5.14. The summed E-state index contributed by atoms with van der Waals surface area (Å²) in [6, 6.07) is 60.0. The number of rotatable bonds is 5. The minimum absolute atomic E-state index is 0.101. The molecule has 52 heavy (non-hydrogen) atoms. The van der Waals surface area contributed by atoms with E-state index in [1.165, 1.54) is 44.1 Å². The number of aromatic nitrogens is 4. The highest BCUT2D eigenvalue weighted by Crippen LogP contribution is 2.51.